The number of Topliss-reactive ketones (excluding diaryl/α,β-unsaturated/α-hetero) is 2. The summed E-state index contributed by atoms with van der Waals surface area (Å²) in [6.07, 6.45) is 0. The van der Waals surface area contributed by atoms with Crippen molar-refractivity contribution < 1.29 is 14.7 Å². The Morgan fingerprint density at radius 1 is 0.926 bits per heavy atom. The van der Waals surface area contributed by atoms with Crippen LogP contribution in [0.5, 0.6) is 5.75 Å². The van der Waals surface area contributed by atoms with Gasteiger partial charge in [-0.15, -0.1) is 0 Å². The Morgan fingerprint density at radius 3 is 2.07 bits per heavy atom. The molecule has 4 heteroatoms. The van der Waals surface area contributed by atoms with Gasteiger partial charge >= 0.3 is 0 Å². The second-order valence-electron chi connectivity index (χ2n) is 6.71. The molecule has 1 N–H and O–H groups in total. The summed E-state index contributed by atoms with van der Waals surface area (Å²) in [5.41, 5.74) is 2.73. The number of aromatic hydroxyl groups is 1. The summed E-state index contributed by atoms with van der Waals surface area (Å²) < 4.78 is 0. The van der Waals surface area contributed by atoms with Crippen molar-refractivity contribution in [3.63, 3.8) is 0 Å². The van der Waals surface area contributed by atoms with Crippen LogP contribution in [-0.4, -0.2) is 21.7 Å². The molecule has 3 aromatic rings. The Balaban J connectivity index is 0.00000102. The molecule has 0 radical (unpaired) electrons. The summed E-state index contributed by atoms with van der Waals surface area (Å²) in [5.74, 6) is -1.43. The van der Waals surface area contributed by atoms with Crippen molar-refractivity contribution in [3.8, 4) is 5.75 Å². The van der Waals surface area contributed by atoms with Gasteiger partial charge in [0.05, 0.1) is 5.52 Å². The highest BCUT2D eigenvalue weighted by Gasteiger charge is 2.41. The quantitative estimate of drug-likeness (QED) is 0.633. The van der Waals surface area contributed by atoms with Crippen molar-refractivity contribution in [2.24, 2.45) is 0 Å². The first-order valence-electron chi connectivity index (χ1n) is 9.28. The van der Waals surface area contributed by atoms with Crippen molar-refractivity contribution in [3.05, 3.63) is 70.9 Å². The molecule has 0 saturated heterocycles. The Bertz CT molecular complexity index is 1000. The fraction of sp³-hybridized carbons (Fsp3) is 0.261. The molecule has 0 unspecified atom stereocenters. The normalized spacial score (nSPS) is 13.7. The second kappa shape index (κ2) is 7.31. The molecule has 0 fully saturated rings. The molecule has 0 amide bonds. The van der Waals surface area contributed by atoms with Crippen LogP contribution in [-0.2, 0) is 0 Å². The van der Waals surface area contributed by atoms with Crippen molar-refractivity contribution in [1.29, 1.82) is 0 Å². The SMILES string of the molecule is CC.CC(C)c1ccc2nc(C3C(=O)c4ccccc4C3=O)c(O)cc2c1. The summed E-state index contributed by atoms with van der Waals surface area (Å²) >= 11 is 0. The number of benzene rings is 2. The Kier molecular flexibility index (Phi) is 5.08. The van der Waals surface area contributed by atoms with Crippen LogP contribution in [0.2, 0.25) is 0 Å². The van der Waals surface area contributed by atoms with Crippen LogP contribution in [0.25, 0.3) is 10.9 Å². The topological polar surface area (TPSA) is 67.3 Å². The largest absolute Gasteiger partial charge is 0.506 e. The van der Waals surface area contributed by atoms with E-state index in [1.807, 2.05) is 32.0 Å². The first-order valence-corrected chi connectivity index (χ1v) is 9.28. The zero-order valence-corrected chi connectivity index (χ0v) is 16.0. The highest BCUT2D eigenvalue weighted by Crippen LogP contribution is 2.38. The molecule has 1 aliphatic rings. The Hall–Kier alpha value is -3.01. The molecule has 0 atom stereocenters. The molecule has 1 aromatic heterocycles. The highest BCUT2D eigenvalue weighted by atomic mass is 16.3. The average Bonchev–Trinajstić information content (AvgIpc) is 2.93. The van der Waals surface area contributed by atoms with Crippen molar-refractivity contribution >= 4 is 22.5 Å². The van der Waals surface area contributed by atoms with Gasteiger partial charge in [0.2, 0.25) is 0 Å². The van der Waals surface area contributed by atoms with E-state index in [1.54, 1.807) is 30.3 Å². The van der Waals surface area contributed by atoms with Gasteiger partial charge in [-0.25, -0.2) is 4.98 Å². The molecule has 138 valence electrons. The van der Waals surface area contributed by atoms with E-state index < -0.39 is 5.92 Å². The molecule has 0 spiro atoms. The number of hydrogen-bond acceptors (Lipinski definition) is 4. The lowest BCUT2D eigenvalue weighted by Gasteiger charge is -2.12. The monoisotopic (exact) mass is 361 g/mol. The van der Waals surface area contributed by atoms with E-state index in [2.05, 4.69) is 18.8 Å². The smallest absolute Gasteiger partial charge is 0.180 e. The van der Waals surface area contributed by atoms with Crippen LogP contribution in [0, 0.1) is 0 Å². The molecular weight excluding hydrogens is 338 g/mol. The van der Waals surface area contributed by atoms with Crippen LogP contribution in [0.1, 0.15) is 71.5 Å². The number of carbonyl (C=O) groups is 2. The van der Waals surface area contributed by atoms with E-state index in [0.717, 1.165) is 10.9 Å². The lowest BCUT2D eigenvalue weighted by Crippen LogP contribution is -2.14. The van der Waals surface area contributed by atoms with E-state index in [1.165, 1.54) is 0 Å². The molecule has 1 heterocycles. The third-order valence-corrected chi connectivity index (χ3v) is 4.77. The van der Waals surface area contributed by atoms with Gasteiger partial charge < -0.3 is 5.11 Å². The zero-order chi connectivity index (χ0) is 19.7. The molecule has 2 aromatic carbocycles. The van der Waals surface area contributed by atoms with Crippen LogP contribution in [0.3, 0.4) is 0 Å². The van der Waals surface area contributed by atoms with E-state index in [0.29, 0.717) is 22.6 Å². The number of pyridine rings is 1. The molecule has 0 saturated carbocycles. The maximum Gasteiger partial charge on any atom is 0.180 e. The molecule has 4 nitrogen and oxygen atoms in total. The van der Waals surface area contributed by atoms with Crippen LogP contribution in [0.15, 0.2) is 48.5 Å². The number of rotatable bonds is 2. The van der Waals surface area contributed by atoms with Crippen molar-refractivity contribution in [1.82, 2.24) is 4.98 Å². The number of ketones is 2. The number of fused-ring (bicyclic) bond motifs is 2. The van der Waals surface area contributed by atoms with Gasteiger partial charge in [0.1, 0.15) is 17.4 Å². The number of hydrogen-bond donors (Lipinski definition) is 1. The van der Waals surface area contributed by atoms with Crippen molar-refractivity contribution in [2.75, 3.05) is 0 Å². The molecule has 0 aliphatic heterocycles. The van der Waals surface area contributed by atoms with Gasteiger partial charge in [-0.1, -0.05) is 58.0 Å². The van der Waals surface area contributed by atoms with Crippen LogP contribution < -0.4 is 0 Å². The predicted octanol–water partition coefficient (Wildman–Crippen LogP) is 5.25. The van der Waals surface area contributed by atoms with E-state index in [-0.39, 0.29) is 23.0 Å². The van der Waals surface area contributed by atoms with E-state index in [4.69, 9.17) is 0 Å². The van der Waals surface area contributed by atoms with Crippen LogP contribution >= 0.6 is 0 Å². The van der Waals surface area contributed by atoms with Gasteiger partial charge in [-0.2, -0.15) is 0 Å². The number of aromatic nitrogens is 1. The second-order valence-corrected chi connectivity index (χ2v) is 6.71. The summed E-state index contributed by atoms with van der Waals surface area (Å²) in [6.45, 7) is 8.19. The fourth-order valence-electron chi connectivity index (χ4n) is 3.36. The van der Waals surface area contributed by atoms with Gasteiger partial charge in [0.25, 0.3) is 0 Å². The minimum Gasteiger partial charge on any atom is -0.506 e. The predicted molar refractivity (Wildman–Crippen MR) is 107 cm³/mol. The van der Waals surface area contributed by atoms with Gasteiger partial charge in [0.15, 0.2) is 11.6 Å². The maximum absolute atomic E-state index is 12.7. The third kappa shape index (κ3) is 3.12. The zero-order valence-electron chi connectivity index (χ0n) is 16.0. The molecule has 4 rings (SSSR count). The number of nitrogens with zero attached hydrogens (tertiary/aromatic N) is 1. The lowest BCUT2D eigenvalue weighted by molar-refractivity contribution is 0.0886. The maximum atomic E-state index is 12.7. The van der Waals surface area contributed by atoms with Gasteiger partial charge in [-0.05, 0) is 29.7 Å². The first kappa shape index (κ1) is 18.8. The average molecular weight is 361 g/mol. The summed E-state index contributed by atoms with van der Waals surface area (Å²) in [4.78, 5) is 29.8. The number of carbonyl (C=O) groups excluding carboxylic acids is 2. The fourth-order valence-corrected chi connectivity index (χ4v) is 3.36. The highest BCUT2D eigenvalue weighted by molar-refractivity contribution is 6.29. The first-order chi connectivity index (χ1) is 13.0. The summed E-state index contributed by atoms with van der Waals surface area (Å²) in [7, 11) is 0. The standard InChI is InChI=1S/C21H17NO3.C2H6/c1-11(2)12-7-8-16-13(9-12)10-17(23)19(22-16)18-20(24)14-5-3-4-6-15(14)21(18)25;1-2/h3-11,18,23H,1-2H3;1-2H3. The molecule has 1 aliphatic carbocycles. The van der Waals surface area contributed by atoms with Crippen LogP contribution in [0.4, 0.5) is 0 Å². The summed E-state index contributed by atoms with van der Waals surface area (Å²) in [6, 6.07) is 14.2. The Morgan fingerprint density at radius 2 is 1.52 bits per heavy atom. The summed E-state index contributed by atoms with van der Waals surface area (Å²) in [5, 5.41) is 11.2. The minimum absolute atomic E-state index is 0.118. The van der Waals surface area contributed by atoms with Gasteiger partial charge in [-0.3, -0.25) is 9.59 Å². The minimum atomic E-state index is -1.06. The van der Waals surface area contributed by atoms with E-state index in [9.17, 15) is 14.7 Å². The molecule has 27 heavy (non-hydrogen) atoms. The van der Waals surface area contributed by atoms with Gasteiger partial charge in [0, 0.05) is 16.5 Å². The Labute approximate surface area is 158 Å². The van der Waals surface area contributed by atoms with E-state index >= 15 is 0 Å². The van der Waals surface area contributed by atoms with Crippen molar-refractivity contribution in [2.45, 2.75) is 39.5 Å². The lowest BCUT2D eigenvalue weighted by atomic mass is 9.96. The third-order valence-electron chi connectivity index (χ3n) is 4.77. The molecular formula is C23H23NO3. The molecule has 0 bridgehead atoms.